The molecular weight excluding hydrogens is 226 g/mol. The molecule has 0 atom stereocenters. The Hall–Kier alpha value is -0.880. The zero-order valence-electron chi connectivity index (χ0n) is 9.97. The van der Waals surface area contributed by atoms with Crippen LogP contribution in [0.3, 0.4) is 0 Å². The lowest BCUT2D eigenvalue weighted by Crippen LogP contribution is -2.40. The fourth-order valence-corrected chi connectivity index (χ4v) is 3.34. The van der Waals surface area contributed by atoms with Crippen molar-refractivity contribution in [3.63, 3.8) is 0 Å². The van der Waals surface area contributed by atoms with Gasteiger partial charge in [0.1, 0.15) is 0 Å². The second-order valence-corrected chi connectivity index (χ2v) is 6.96. The van der Waals surface area contributed by atoms with Crippen LogP contribution in [-0.4, -0.2) is 35.2 Å². The van der Waals surface area contributed by atoms with Gasteiger partial charge in [0.05, 0.1) is 11.5 Å². The van der Waals surface area contributed by atoms with E-state index in [0.717, 1.165) is 5.69 Å². The summed E-state index contributed by atoms with van der Waals surface area (Å²) in [5.74, 6) is 0.130. The van der Waals surface area contributed by atoms with Crippen molar-refractivity contribution in [3.8, 4) is 0 Å². The van der Waals surface area contributed by atoms with Crippen molar-refractivity contribution in [3.05, 3.63) is 18.0 Å². The molecular formula is C10H19N3O2S. The van der Waals surface area contributed by atoms with Crippen molar-refractivity contribution in [1.82, 2.24) is 9.78 Å². The average molecular weight is 245 g/mol. The van der Waals surface area contributed by atoms with Gasteiger partial charge in [-0.3, -0.25) is 4.68 Å². The van der Waals surface area contributed by atoms with E-state index in [1.165, 1.54) is 0 Å². The van der Waals surface area contributed by atoms with Gasteiger partial charge in [-0.1, -0.05) is 0 Å². The highest BCUT2D eigenvalue weighted by atomic mass is 32.2. The minimum atomic E-state index is -3.10. The molecule has 0 saturated heterocycles. The van der Waals surface area contributed by atoms with Crippen LogP contribution >= 0.6 is 0 Å². The number of nitrogens with zero attached hydrogens (tertiary/aromatic N) is 2. The Labute approximate surface area is 96.6 Å². The molecule has 1 aromatic heterocycles. The first-order valence-corrected chi connectivity index (χ1v) is 6.98. The van der Waals surface area contributed by atoms with Gasteiger partial charge in [0.2, 0.25) is 0 Å². The van der Waals surface area contributed by atoms with E-state index in [-0.39, 0.29) is 11.5 Å². The number of nitrogens with two attached hydrogens (primary N) is 1. The molecule has 0 fully saturated rings. The third kappa shape index (κ3) is 4.32. The Kier molecular flexibility index (Phi) is 3.75. The quantitative estimate of drug-likeness (QED) is 0.799. The maximum atomic E-state index is 11.7. The fourth-order valence-electron chi connectivity index (χ4n) is 1.55. The minimum absolute atomic E-state index is 0.0118. The summed E-state index contributed by atoms with van der Waals surface area (Å²) < 4.78 is 25.2. The molecule has 0 saturated carbocycles. The normalized spacial score (nSPS) is 13.0. The summed E-state index contributed by atoms with van der Waals surface area (Å²) in [5.41, 5.74) is 5.94. The molecule has 0 amide bonds. The van der Waals surface area contributed by atoms with Gasteiger partial charge in [-0.2, -0.15) is 5.10 Å². The molecule has 0 radical (unpaired) electrons. The lowest BCUT2D eigenvalue weighted by atomic mass is 10.1. The fraction of sp³-hybridized carbons (Fsp3) is 0.700. The Morgan fingerprint density at radius 3 is 2.56 bits per heavy atom. The molecule has 2 N–H and O–H groups in total. The summed E-state index contributed by atoms with van der Waals surface area (Å²) in [5, 5.41) is 3.99. The SMILES string of the molecule is Cn1nccc1CCS(=O)(=O)CC(C)(C)N. The Bertz CT molecular complexity index is 443. The zero-order chi connectivity index (χ0) is 12.4. The summed E-state index contributed by atoms with van der Waals surface area (Å²) in [6, 6.07) is 1.82. The number of hydrogen-bond donors (Lipinski definition) is 1. The van der Waals surface area contributed by atoms with Crippen molar-refractivity contribution in [2.24, 2.45) is 12.8 Å². The van der Waals surface area contributed by atoms with Crippen LogP contribution < -0.4 is 5.73 Å². The van der Waals surface area contributed by atoms with Crippen LogP contribution in [0.25, 0.3) is 0 Å². The standard InChI is InChI=1S/C10H19N3O2S/c1-10(2,11)8-16(14,15)7-5-9-4-6-12-13(9)3/h4,6H,5,7-8,11H2,1-3H3. The first kappa shape index (κ1) is 13.2. The number of aromatic nitrogens is 2. The first-order chi connectivity index (χ1) is 7.20. The minimum Gasteiger partial charge on any atom is -0.325 e. The average Bonchev–Trinajstić information content (AvgIpc) is 2.43. The van der Waals surface area contributed by atoms with E-state index in [0.29, 0.717) is 6.42 Å². The predicted molar refractivity (Wildman–Crippen MR) is 63.8 cm³/mol. The summed E-state index contributed by atoms with van der Waals surface area (Å²) in [7, 11) is -1.30. The van der Waals surface area contributed by atoms with Gasteiger partial charge >= 0.3 is 0 Å². The third-order valence-corrected chi connectivity index (χ3v) is 4.19. The van der Waals surface area contributed by atoms with Gasteiger partial charge in [-0.05, 0) is 19.9 Å². The van der Waals surface area contributed by atoms with Gasteiger partial charge in [0.25, 0.3) is 0 Å². The van der Waals surface area contributed by atoms with Gasteiger partial charge < -0.3 is 5.73 Å². The van der Waals surface area contributed by atoms with E-state index >= 15 is 0 Å². The second-order valence-electron chi connectivity index (χ2n) is 4.78. The highest BCUT2D eigenvalue weighted by Crippen LogP contribution is 2.06. The van der Waals surface area contributed by atoms with Gasteiger partial charge in [-0.15, -0.1) is 0 Å². The van der Waals surface area contributed by atoms with Crippen LogP contribution in [0.1, 0.15) is 19.5 Å². The first-order valence-electron chi connectivity index (χ1n) is 5.16. The van der Waals surface area contributed by atoms with Gasteiger partial charge in [0.15, 0.2) is 9.84 Å². The van der Waals surface area contributed by atoms with E-state index < -0.39 is 15.4 Å². The monoisotopic (exact) mass is 245 g/mol. The van der Waals surface area contributed by atoms with Gasteiger partial charge in [0, 0.05) is 30.9 Å². The second kappa shape index (κ2) is 4.55. The highest BCUT2D eigenvalue weighted by Gasteiger charge is 2.22. The molecule has 1 aromatic rings. The Morgan fingerprint density at radius 1 is 1.50 bits per heavy atom. The molecule has 6 heteroatoms. The molecule has 0 bridgehead atoms. The summed E-state index contributed by atoms with van der Waals surface area (Å²) in [6.07, 6.45) is 2.14. The van der Waals surface area contributed by atoms with E-state index in [9.17, 15) is 8.42 Å². The van der Waals surface area contributed by atoms with Crippen molar-refractivity contribution in [2.75, 3.05) is 11.5 Å². The molecule has 0 unspecified atom stereocenters. The molecule has 0 aliphatic carbocycles. The summed E-state index contributed by atoms with van der Waals surface area (Å²) in [4.78, 5) is 0. The van der Waals surface area contributed by atoms with E-state index in [2.05, 4.69) is 5.10 Å². The van der Waals surface area contributed by atoms with Crippen molar-refractivity contribution >= 4 is 9.84 Å². The number of hydrogen-bond acceptors (Lipinski definition) is 4. The molecule has 16 heavy (non-hydrogen) atoms. The highest BCUT2D eigenvalue weighted by molar-refractivity contribution is 7.91. The smallest absolute Gasteiger partial charge is 0.152 e. The molecule has 5 nitrogen and oxygen atoms in total. The van der Waals surface area contributed by atoms with Crippen LogP contribution in [0.4, 0.5) is 0 Å². The molecule has 92 valence electrons. The maximum Gasteiger partial charge on any atom is 0.152 e. The number of rotatable bonds is 5. The maximum absolute atomic E-state index is 11.7. The van der Waals surface area contributed by atoms with E-state index in [1.807, 2.05) is 6.07 Å². The van der Waals surface area contributed by atoms with Crippen LogP contribution in [0.5, 0.6) is 0 Å². The summed E-state index contributed by atoms with van der Waals surface area (Å²) >= 11 is 0. The lowest BCUT2D eigenvalue weighted by molar-refractivity contribution is 0.543. The van der Waals surface area contributed by atoms with Crippen LogP contribution in [0.2, 0.25) is 0 Å². The van der Waals surface area contributed by atoms with Crippen LogP contribution in [0, 0.1) is 0 Å². The number of aryl methyl sites for hydroxylation is 2. The molecule has 0 aromatic carbocycles. The molecule has 1 heterocycles. The lowest BCUT2D eigenvalue weighted by Gasteiger charge is -2.18. The molecule has 1 rings (SSSR count). The largest absolute Gasteiger partial charge is 0.325 e. The summed E-state index contributed by atoms with van der Waals surface area (Å²) in [6.45, 7) is 3.43. The Morgan fingerprint density at radius 2 is 2.12 bits per heavy atom. The zero-order valence-corrected chi connectivity index (χ0v) is 10.8. The van der Waals surface area contributed by atoms with Crippen molar-refractivity contribution in [2.45, 2.75) is 25.8 Å². The molecule has 0 aliphatic rings. The van der Waals surface area contributed by atoms with Gasteiger partial charge in [-0.25, -0.2) is 8.42 Å². The van der Waals surface area contributed by atoms with E-state index in [4.69, 9.17) is 5.73 Å². The third-order valence-electron chi connectivity index (χ3n) is 2.18. The van der Waals surface area contributed by atoms with Crippen LogP contribution in [0.15, 0.2) is 12.3 Å². The van der Waals surface area contributed by atoms with E-state index in [1.54, 1.807) is 31.8 Å². The molecule has 0 aliphatic heterocycles. The van der Waals surface area contributed by atoms with Crippen molar-refractivity contribution in [1.29, 1.82) is 0 Å². The topological polar surface area (TPSA) is 78.0 Å². The molecule has 0 spiro atoms. The number of sulfone groups is 1. The van der Waals surface area contributed by atoms with Crippen molar-refractivity contribution < 1.29 is 8.42 Å². The van der Waals surface area contributed by atoms with Crippen LogP contribution in [-0.2, 0) is 23.3 Å². The predicted octanol–water partition coefficient (Wildman–Crippen LogP) is 0.115. The Balaban J connectivity index is 2.59.